The molecule has 0 aliphatic carbocycles. The van der Waals surface area contributed by atoms with Gasteiger partial charge in [0.15, 0.2) is 0 Å². The zero-order valence-corrected chi connectivity index (χ0v) is 10.5. The van der Waals surface area contributed by atoms with Crippen LogP contribution in [0.15, 0.2) is 0 Å². The van der Waals surface area contributed by atoms with Crippen LogP contribution in [0.4, 0.5) is 0 Å². The van der Waals surface area contributed by atoms with Gasteiger partial charge in [0.1, 0.15) is 5.01 Å². The summed E-state index contributed by atoms with van der Waals surface area (Å²) >= 11 is 3.79. The molecule has 0 saturated heterocycles. The van der Waals surface area contributed by atoms with Gasteiger partial charge in [-0.3, -0.25) is 0 Å². The summed E-state index contributed by atoms with van der Waals surface area (Å²) in [7, 11) is 0. The number of nitrogens with zero attached hydrogens (tertiary/aromatic N) is 1. The smallest absolute Gasteiger partial charge is 0.103 e. The van der Waals surface area contributed by atoms with Crippen molar-refractivity contribution in [1.82, 2.24) is 4.98 Å². The zero-order chi connectivity index (χ0) is 10.4. The van der Waals surface area contributed by atoms with E-state index in [0.29, 0.717) is 0 Å². The van der Waals surface area contributed by atoms with Crippen LogP contribution >= 0.6 is 23.1 Å². The molecule has 0 aromatic carbocycles. The molecule has 80 valence electrons. The second-order valence-electron chi connectivity index (χ2n) is 3.21. The minimum atomic E-state index is 0.727. The minimum Gasteiger partial charge on any atom is -0.330 e. The summed E-state index contributed by atoms with van der Waals surface area (Å²) in [5.74, 6) is 2.29. The van der Waals surface area contributed by atoms with Crippen molar-refractivity contribution >= 4 is 23.1 Å². The lowest BCUT2D eigenvalue weighted by molar-refractivity contribution is 0.968. The van der Waals surface area contributed by atoms with Crippen molar-refractivity contribution in [2.45, 2.75) is 32.4 Å². The van der Waals surface area contributed by atoms with Crippen LogP contribution in [-0.4, -0.2) is 17.3 Å². The molecule has 2 nitrogen and oxygen atoms in total. The molecule has 0 spiro atoms. The Kier molecular flexibility index (Phi) is 5.52. The third-order valence-electron chi connectivity index (χ3n) is 1.88. The van der Waals surface area contributed by atoms with Crippen LogP contribution in [0.1, 0.15) is 28.9 Å². The highest BCUT2D eigenvalue weighted by Crippen LogP contribution is 2.22. The summed E-state index contributed by atoms with van der Waals surface area (Å²) in [6.45, 7) is 5.01. The standard InChI is InChI=1S/C10H18N2S2/c1-3-6-13-7-10-12-8(2)9(14-10)4-5-11/h3-7,11H2,1-2H3. The first-order chi connectivity index (χ1) is 6.77. The van der Waals surface area contributed by atoms with Crippen LogP contribution in [0, 0.1) is 6.92 Å². The largest absolute Gasteiger partial charge is 0.330 e. The van der Waals surface area contributed by atoms with E-state index >= 15 is 0 Å². The Bertz CT molecular complexity index is 271. The molecule has 2 N–H and O–H groups in total. The van der Waals surface area contributed by atoms with Gasteiger partial charge < -0.3 is 5.73 Å². The van der Waals surface area contributed by atoms with E-state index in [0.717, 1.165) is 18.7 Å². The fourth-order valence-electron chi connectivity index (χ4n) is 1.22. The van der Waals surface area contributed by atoms with Gasteiger partial charge in [-0.2, -0.15) is 11.8 Å². The Morgan fingerprint density at radius 1 is 1.50 bits per heavy atom. The van der Waals surface area contributed by atoms with Crippen molar-refractivity contribution < 1.29 is 0 Å². The minimum absolute atomic E-state index is 0.727. The Morgan fingerprint density at radius 2 is 2.29 bits per heavy atom. The van der Waals surface area contributed by atoms with Crippen LogP contribution in [-0.2, 0) is 12.2 Å². The lowest BCUT2D eigenvalue weighted by atomic mass is 10.3. The Balaban J connectivity index is 2.48. The normalized spacial score (nSPS) is 10.8. The number of nitrogens with two attached hydrogens (primary N) is 1. The van der Waals surface area contributed by atoms with E-state index in [1.807, 2.05) is 23.1 Å². The van der Waals surface area contributed by atoms with Crippen LogP contribution in [0.5, 0.6) is 0 Å². The van der Waals surface area contributed by atoms with E-state index < -0.39 is 0 Å². The first-order valence-corrected chi connectivity index (χ1v) is 6.98. The monoisotopic (exact) mass is 230 g/mol. The maximum atomic E-state index is 5.53. The fourth-order valence-corrected chi connectivity index (χ4v) is 3.26. The highest BCUT2D eigenvalue weighted by molar-refractivity contribution is 7.98. The molecule has 4 heteroatoms. The number of aryl methyl sites for hydroxylation is 1. The third kappa shape index (κ3) is 3.59. The maximum Gasteiger partial charge on any atom is 0.103 e. The van der Waals surface area contributed by atoms with Gasteiger partial charge in [0, 0.05) is 10.6 Å². The van der Waals surface area contributed by atoms with Crippen molar-refractivity contribution in [3.63, 3.8) is 0 Å². The molecule has 0 aliphatic rings. The van der Waals surface area contributed by atoms with E-state index in [2.05, 4.69) is 18.8 Å². The average Bonchev–Trinajstić information content (AvgIpc) is 2.49. The molecule has 0 saturated carbocycles. The molecule has 1 heterocycles. The Hall–Kier alpha value is -0.0600. The summed E-state index contributed by atoms with van der Waals surface area (Å²) < 4.78 is 0. The van der Waals surface area contributed by atoms with Gasteiger partial charge in [-0.25, -0.2) is 4.98 Å². The summed E-state index contributed by atoms with van der Waals surface area (Å²) in [6, 6.07) is 0. The summed E-state index contributed by atoms with van der Waals surface area (Å²) in [5.41, 5.74) is 6.71. The molecule has 1 rings (SSSR count). The average molecular weight is 230 g/mol. The molecule has 14 heavy (non-hydrogen) atoms. The topological polar surface area (TPSA) is 38.9 Å². The van der Waals surface area contributed by atoms with Crippen molar-refractivity contribution in [2.75, 3.05) is 12.3 Å². The Morgan fingerprint density at radius 3 is 2.93 bits per heavy atom. The van der Waals surface area contributed by atoms with Gasteiger partial charge in [0.25, 0.3) is 0 Å². The van der Waals surface area contributed by atoms with Gasteiger partial charge in [0.05, 0.1) is 5.69 Å². The van der Waals surface area contributed by atoms with Crippen molar-refractivity contribution in [2.24, 2.45) is 5.73 Å². The van der Waals surface area contributed by atoms with E-state index in [1.54, 1.807) is 0 Å². The number of rotatable bonds is 6. The first kappa shape index (κ1) is 12.0. The Labute approximate surface area is 94.3 Å². The van der Waals surface area contributed by atoms with Gasteiger partial charge in [-0.15, -0.1) is 11.3 Å². The van der Waals surface area contributed by atoms with Gasteiger partial charge in [-0.1, -0.05) is 6.92 Å². The van der Waals surface area contributed by atoms with E-state index in [4.69, 9.17) is 5.73 Å². The third-order valence-corrected chi connectivity index (χ3v) is 4.46. The number of hydrogen-bond acceptors (Lipinski definition) is 4. The predicted molar refractivity (Wildman–Crippen MR) is 66.1 cm³/mol. The van der Waals surface area contributed by atoms with E-state index in [1.165, 1.54) is 27.8 Å². The second kappa shape index (κ2) is 6.43. The first-order valence-electron chi connectivity index (χ1n) is 5.01. The van der Waals surface area contributed by atoms with Crippen molar-refractivity contribution in [3.05, 3.63) is 15.6 Å². The quantitative estimate of drug-likeness (QED) is 0.764. The van der Waals surface area contributed by atoms with E-state index in [9.17, 15) is 0 Å². The molecule has 1 aromatic rings. The molecular formula is C10H18N2S2. The molecule has 0 atom stereocenters. The van der Waals surface area contributed by atoms with Gasteiger partial charge in [-0.05, 0) is 32.1 Å². The summed E-state index contributed by atoms with van der Waals surface area (Å²) in [4.78, 5) is 5.90. The zero-order valence-electron chi connectivity index (χ0n) is 8.88. The predicted octanol–water partition coefficient (Wildman–Crippen LogP) is 2.60. The maximum absolute atomic E-state index is 5.53. The van der Waals surface area contributed by atoms with Crippen LogP contribution in [0.3, 0.4) is 0 Å². The lowest BCUT2D eigenvalue weighted by Crippen LogP contribution is -2.01. The second-order valence-corrected chi connectivity index (χ2v) is 5.48. The number of thioether (sulfide) groups is 1. The molecule has 0 aliphatic heterocycles. The van der Waals surface area contributed by atoms with Crippen molar-refractivity contribution in [3.8, 4) is 0 Å². The molecule has 0 radical (unpaired) electrons. The molecule has 1 aromatic heterocycles. The fraction of sp³-hybridized carbons (Fsp3) is 0.700. The van der Waals surface area contributed by atoms with Gasteiger partial charge in [0.2, 0.25) is 0 Å². The summed E-state index contributed by atoms with van der Waals surface area (Å²) in [6.07, 6.45) is 2.21. The number of thiazole rings is 1. The lowest BCUT2D eigenvalue weighted by Gasteiger charge is -1.93. The molecule has 0 unspecified atom stereocenters. The van der Waals surface area contributed by atoms with Crippen LogP contribution < -0.4 is 5.73 Å². The number of aromatic nitrogens is 1. The molecular weight excluding hydrogens is 212 g/mol. The van der Waals surface area contributed by atoms with Gasteiger partial charge >= 0.3 is 0 Å². The molecule has 0 amide bonds. The van der Waals surface area contributed by atoms with Crippen LogP contribution in [0.2, 0.25) is 0 Å². The van der Waals surface area contributed by atoms with Crippen molar-refractivity contribution in [1.29, 1.82) is 0 Å². The van der Waals surface area contributed by atoms with Crippen LogP contribution in [0.25, 0.3) is 0 Å². The molecule has 0 bridgehead atoms. The SMILES string of the molecule is CCCSCc1nc(C)c(CCN)s1. The van der Waals surface area contributed by atoms with E-state index in [-0.39, 0.29) is 0 Å². The highest BCUT2D eigenvalue weighted by Gasteiger charge is 2.06. The highest BCUT2D eigenvalue weighted by atomic mass is 32.2. The summed E-state index contributed by atoms with van der Waals surface area (Å²) in [5, 5.41) is 1.25. The number of hydrogen-bond donors (Lipinski definition) is 1. The molecule has 0 fully saturated rings.